The quantitative estimate of drug-likeness (QED) is 0.458. The van der Waals surface area contributed by atoms with Crippen molar-refractivity contribution in [1.29, 1.82) is 0 Å². The first kappa shape index (κ1) is 27.7. The van der Waals surface area contributed by atoms with Crippen LogP contribution in [0.15, 0.2) is 38.9 Å². The molecule has 1 heteroatoms. The summed E-state index contributed by atoms with van der Waals surface area (Å²) in [6.45, 7) is 25.4. The van der Waals surface area contributed by atoms with Crippen molar-refractivity contribution in [2.24, 2.45) is 4.99 Å². The van der Waals surface area contributed by atoms with Crippen molar-refractivity contribution in [3.8, 4) is 0 Å². The molecule has 0 aromatic carbocycles. The molecule has 1 atom stereocenters. The molecule has 1 unspecified atom stereocenters. The van der Waals surface area contributed by atoms with Crippen molar-refractivity contribution in [1.82, 2.24) is 0 Å². The van der Waals surface area contributed by atoms with Gasteiger partial charge in [-0.1, -0.05) is 72.1 Å². The largest absolute Gasteiger partial charge is 0.290 e. The zero-order valence-electron chi connectivity index (χ0n) is 18.8. The van der Waals surface area contributed by atoms with E-state index in [1.54, 1.807) is 0 Å². The smallest absolute Gasteiger partial charge is 0.0469 e. The van der Waals surface area contributed by atoms with Gasteiger partial charge in [-0.2, -0.15) is 0 Å². The number of nitrogens with zero attached hydrogens (tertiary/aromatic N) is 1. The van der Waals surface area contributed by atoms with Gasteiger partial charge in [0.1, 0.15) is 0 Å². The van der Waals surface area contributed by atoms with Gasteiger partial charge in [-0.15, -0.1) is 0 Å². The van der Waals surface area contributed by atoms with Crippen molar-refractivity contribution in [2.45, 2.75) is 108 Å². The summed E-state index contributed by atoms with van der Waals surface area (Å²) in [5, 5.41) is 0. The van der Waals surface area contributed by atoms with Crippen LogP contribution < -0.4 is 0 Å². The molecule has 0 aromatic rings. The lowest BCUT2D eigenvalue weighted by Gasteiger charge is -2.09. The highest BCUT2D eigenvalue weighted by Gasteiger charge is 2.17. The van der Waals surface area contributed by atoms with Crippen molar-refractivity contribution in [3.05, 3.63) is 33.9 Å². The Morgan fingerprint density at radius 2 is 1.46 bits per heavy atom. The van der Waals surface area contributed by atoms with Crippen LogP contribution in [0.25, 0.3) is 0 Å². The molecule has 0 fully saturated rings. The molecular formula is C23H45N. The van der Waals surface area contributed by atoms with Crippen LogP contribution in [0, 0.1) is 0 Å². The highest BCUT2D eigenvalue weighted by Crippen LogP contribution is 2.35. The third-order valence-corrected chi connectivity index (χ3v) is 3.63. The fourth-order valence-electron chi connectivity index (χ4n) is 2.21. The summed E-state index contributed by atoms with van der Waals surface area (Å²) in [5.41, 5.74) is 7.10. The predicted molar refractivity (Wildman–Crippen MR) is 116 cm³/mol. The minimum absolute atomic E-state index is 0.414. The maximum absolute atomic E-state index is 4.60. The second-order valence-corrected chi connectivity index (χ2v) is 5.72. The fraction of sp³-hybridized carbons (Fsp3) is 0.696. The SMILES string of the molecule is C/C=C(\C=NC(C)CC)C1=C(C)CC(C)=C1C.CC.CC.CCC. The molecule has 0 heterocycles. The lowest BCUT2D eigenvalue weighted by molar-refractivity contribution is 0.720. The van der Waals surface area contributed by atoms with E-state index in [0.717, 1.165) is 12.8 Å². The van der Waals surface area contributed by atoms with E-state index in [1.807, 2.05) is 27.7 Å². The van der Waals surface area contributed by atoms with E-state index < -0.39 is 0 Å². The van der Waals surface area contributed by atoms with E-state index >= 15 is 0 Å². The summed E-state index contributed by atoms with van der Waals surface area (Å²) >= 11 is 0. The van der Waals surface area contributed by atoms with Gasteiger partial charge in [0.05, 0.1) is 0 Å². The van der Waals surface area contributed by atoms with Crippen molar-refractivity contribution in [3.63, 3.8) is 0 Å². The summed E-state index contributed by atoms with van der Waals surface area (Å²) in [5.74, 6) is 0. The second-order valence-electron chi connectivity index (χ2n) is 5.72. The van der Waals surface area contributed by atoms with Crippen LogP contribution in [-0.2, 0) is 0 Å². The van der Waals surface area contributed by atoms with Crippen LogP contribution in [0.2, 0.25) is 0 Å². The van der Waals surface area contributed by atoms with Crippen LogP contribution in [0.4, 0.5) is 0 Å². The van der Waals surface area contributed by atoms with Gasteiger partial charge in [0, 0.05) is 12.3 Å². The summed E-state index contributed by atoms with van der Waals surface area (Å²) in [6, 6.07) is 0.414. The minimum atomic E-state index is 0.414. The maximum atomic E-state index is 4.60. The molecule has 0 saturated carbocycles. The third kappa shape index (κ3) is 10.6. The number of hydrogen-bond acceptors (Lipinski definition) is 1. The summed E-state index contributed by atoms with van der Waals surface area (Å²) in [7, 11) is 0. The minimum Gasteiger partial charge on any atom is -0.290 e. The molecular weight excluding hydrogens is 290 g/mol. The molecule has 1 nitrogen and oxygen atoms in total. The first-order valence-corrected chi connectivity index (χ1v) is 9.99. The Labute approximate surface area is 154 Å². The van der Waals surface area contributed by atoms with E-state index in [2.05, 4.69) is 72.7 Å². The van der Waals surface area contributed by atoms with Gasteiger partial charge < -0.3 is 0 Å². The molecule has 1 rings (SSSR count). The third-order valence-electron chi connectivity index (χ3n) is 3.63. The summed E-state index contributed by atoms with van der Waals surface area (Å²) in [4.78, 5) is 4.60. The van der Waals surface area contributed by atoms with E-state index in [4.69, 9.17) is 0 Å². The molecule has 0 radical (unpaired) electrons. The molecule has 142 valence electrons. The highest BCUT2D eigenvalue weighted by atomic mass is 14.7. The molecule has 1 aliphatic rings. The normalized spacial score (nSPS) is 15.2. The second kappa shape index (κ2) is 18.2. The van der Waals surface area contributed by atoms with Gasteiger partial charge in [-0.3, -0.25) is 4.99 Å². The standard InChI is InChI=1S/C16H25N.C3H8.2C2H6/c1-7-13(5)17-10-15(8-2)16-12(4)9-11(3)14(16)6;1-3-2;2*1-2/h8,10,13H,7,9H2,1-6H3;3H2,1-2H3;2*1-2H3/b15-8+,17-10?;;;. The van der Waals surface area contributed by atoms with Gasteiger partial charge in [0.15, 0.2) is 0 Å². The lowest BCUT2D eigenvalue weighted by atomic mass is 9.99. The van der Waals surface area contributed by atoms with Crippen LogP contribution in [0.5, 0.6) is 0 Å². The zero-order valence-corrected chi connectivity index (χ0v) is 18.8. The molecule has 0 spiro atoms. The van der Waals surface area contributed by atoms with Gasteiger partial charge in [-0.05, 0) is 64.2 Å². The first-order valence-electron chi connectivity index (χ1n) is 9.99. The Morgan fingerprint density at radius 3 is 1.75 bits per heavy atom. The molecule has 0 aliphatic heterocycles. The lowest BCUT2D eigenvalue weighted by Crippen LogP contribution is -1.99. The van der Waals surface area contributed by atoms with Crippen LogP contribution in [0.3, 0.4) is 0 Å². The average Bonchev–Trinajstić information content (AvgIpc) is 2.85. The monoisotopic (exact) mass is 335 g/mol. The van der Waals surface area contributed by atoms with Crippen LogP contribution >= 0.6 is 0 Å². The van der Waals surface area contributed by atoms with Gasteiger partial charge in [0.2, 0.25) is 0 Å². The Kier molecular flexibility index (Phi) is 21.1. The first-order chi connectivity index (χ1) is 11.4. The maximum Gasteiger partial charge on any atom is 0.0469 e. The van der Waals surface area contributed by atoms with Gasteiger partial charge in [-0.25, -0.2) is 0 Å². The summed E-state index contributed by atoms with van der Waals surface area (Å²) < 4.78 is 0. The van der Waals surface area contributed by atoms with Crippen LogP contribution in [0.1, 0.15) is 102 Å². The molecule has 1 aliphatic carbocycles. The van der Waals surface area contributed by atoms with Crippen molar-refractivity contribution >= 4 is 6.21 Å². The number of aliphatic imine (C=N–C) groups is 1. The van der Waals surface area contributed by atoms with Gasteiger partial charge in [0.25, 0.3) is 0 Å². The van der Waals surface area contributed by atoms with E-state index in [0.29, 0.717) is 6.04 Å². The van der Waals surface area contributed by atoms with E-state index in [1.165, 1.54) is 34.3 Å². The Morgan fingerprint density at radius 1 is 1.00 bits per heavy atom. The average molecular weight is 336 g/mol. The predicted octanol–water partition coefficient (Wildman–Crippen LogP) is 8.33. The number of rotatable bonds is 4. The van der Waals surface area contributed by atoms with Gasteiger partial charge >= 0.3 is 0 Å². The molecule has 0 amide bonds. The number of allylic oxidation sites excluding steroid dienone is 6. The fourth-order valence-corrected chi connectivity index (χ4v) is 2.21. The van der Waals surface area contributed by atoms with Crippen LogP contribution in [-0.4, -0.2) is 12.3 Å². The topological polar surface area (TPSA) is 12.4 Å². The Hall–Kier alpha value is -1.11. The molecule has 0 aromatic heterocycles. The highest BCUT2D eigenvalue weighted by molar-refractivity contribution is 5.88. The Bertz CT molecular complexity index is 419. The molecule has 24 heavy (non-hydrogen) atoms. The van der Waals surface area contributed by atoms with Crippen molar-refractivity contribution in [2.75, 3.05) is 0 Å². The van der Waals surface area contributed by atoms with Crippen molar-refractivity contribution < 1.29 is 0 Å². The molecule has 0 N–H and O–H groups in total. The Balaban J connectivity index is -0.000000549. The van der Waals surface area contributed by atoms with E-state index in [-0.39, 0.29) is 0 Å². The number of hydrogen-bond donors (Lipinski definition) is 0. The molecule has 0 bridgehead atoms. The van der Waals surface area contributed by atoms with E-state index in [9.17, 15) is 0 Å². The molecule has 0 saturated heterocycles. The zero-order chi connectivity index (χ0) is 19.7. The summed E-state index contributed by atoms with van der Waals surface area (Å²) in [6.07, 6.45) is 7.69.